The van der Waals surface area contributed by atoms with Crippen LogP contribution in [0.1, 0.15) is 0 Å². The van der Waals surface area contributed by atoms with E-state index in [1.54, 1.807) is 0 Å². The summed E-state index contributed by atoms with van der Waals surface area (Å²) in [5, 5.41) is 0. The number of phosphoric ester groups is 3. The van der Waals surface area contributed by atoms with Gasteiger partial charge in [0.2, 0.25) is 0 Å². The molecule has 0 aromatic rings. The summed E-state index contributed by atoms with van der Waals surface area (Å²) in [6, 6.07) is 0. The van der Waals surface area contributed by atoms with Crippen molar-refractivity contribution in [2.24, 2.45) is 0 Å². The molecular formula is C3H18O21P6. The van der Waals surface area contributed by atoms with Crippen molar-refractivity contribution in [3.8, 4) is 0 Å². The highest BCUT2D eigenvalue weighted by Crippen LogP contribution is 2.66. The Balaban J connectivity index is -0.000000397. The summed E-state index contributed by atoms with van der Waals surface area (Å²) >= 11 is 0. The standard InChI is InChI=1S/CH7O10P3.CH6O7P2.CH5O4P/c1-9-13(5,6)11-14(7,8)10-12(2,3)4;1-7-10(5,6)8-9(2,3)4;1-5-6(2,3)4/h1H3,(H,5,6)(H,7,8)(H2,2,3,4);1H3,(H,5,6)(H2,2,3,4);1H3,(H2,2,3,4). The van der Waals surface area contributed by atoms with E-state index in [4.69, 9.17) is 44.0 Å². The second-order valence-electron chi connectivity index (χ2n) is 3.67. The molecule has 3 unspecified atom stereocenters. The Hall–Kier alpha value is 0.780. The predicted octanol–water partition coefficient (Wildman–Crippen LogP) is -0.473. The highest BCUT2D eigenvalue weighted by molar-refractivity contribution is 7.66. The lowest BCUT2D eigenvalue weighted by Gasteiger charge is -2.14. The second kappa shape index (κ2) is 13.5. The fourth-order valence-corrected chi connectivity index (χ4v) is 4.60. The van der Waals surface area contributed by atoms with E-state index in [2.05, 4.69) is 26.5 Å². The van der Waals surface area contributed by atoms with Gasteiger partial charge in [0.25, 0.3) is 0 Å². The number of rotatable bonds is 9. The summed E-state index contributed by atoms with van der Waals surface area (Å²) in [5.41, 5.74) is 0. The van der Waals surface area contributed by atoms with E-state index in [1.165, 1.54) is 0 Å². The predicted molar refractivity (Wildman–Crippen MR) is 89.9 cm³/mol. The van der Waals surface area contributed by atoms with Gasteiger partial charge in [-0.2, -0.15) is 12.9 Å². The van der Waals surface area contributed by atoms with Crippen LogP contribution in [-0.4, -0.2) is 65.4 Å². The maximum Gasteiger partial charge on any atom is 0.490 e. The topological polar surface area (TPSA) is 340 Å². The van der Waals surface area contributed by atoms with Gasteiger partial charge in [0.05, 0.1) is 0 Å². The van der Waals surface area contributed by atoms with Crippen molar-refractivity contribution in [2.45, 2.75) is 0 Å². The van der Waals surface area contributed by atoms with E-state index in [-0.39, 0.29) is 0 Å². The number of hydrogen-bond acceptors (Lipinski definition) is 12. The monoisotopic (exact) mass is 576 g/mol. The van der Waals surface area contributed by atoms with Gasteiger partial charge in [-0.3, -0.25) is 13.6 Å². The molecule has 0 aromatic heterocycles. The van der Waals surface area contributed by atoms with Crippen molar-refractivity contribution < 1.29 is 97.9 Å². The van der Waals surface area contributed by atoms with Crippen LogP contribution in [0.5, 0.6) is 0 Å². The fraction of sp³-hybridized carbons (Fsp3) is 1.00. The Morgan fingerprint density at radius 2 is 0.633 bits per heavy atom. The van der Waals surface area contributed by atoms with Crippen LogP contribution in [0.2, 0.25) is 0 Å². The molecule has 0 bridgehead atoms. The summed E-state index contributed by atoms with van der Waals surface area (Å²) in [4.78, 5) is 72.8. The van der Waals surface area contributed by atoms with Gasteiger partial charge in [-0.25, -0.2) is 27.4 Å². The second-order valence-corrected chi connectivity index (χ2v) is 12.5. The maximum absolute atomic E-state index is 10.6. The molecule has 0 heterocycles. The smallest absolute Gasteiger partial charge is 0.303 e. The van der Waals surface area contributed by atoms with Crippen molar-refractivity contribution in [2.75, 3.05) is 21.3 Å². The molecular weight excluding hydrogens is 558 g/mol. The van der Waals surface area contributed by atoms with E-state index < -0.39 is 46.9 Å². The minimum atomic E-state index is -5.35. The molecule has 0 radical (unpaired) electrons. The van der Waals surface area contributed by atoms with E-state index in [0.29, 0.717) is 7.11 Å². The summed E-state index contributed by atoms with van der Waals surface area (Å²) in [6.07, 6.45) is 0. The Morgan fingerprint density at radius 3 is 0.800 bits per heavy atom. The van der Waals surface area contributed by atoms with Crippen LogP contribution in [0.4, 0.5) is 0 Å². The lowest BCUT2D eigenvalue weighted by Crippen LogP contribution is -1.93. The molecule has 0 aromatic carbocycles. The van der Waals surface area contributed by atoms with Crippen LogP contribution in [-0.2, 0) is 53.9 Å². The molecule has 0 aliphatic rings. The average Bonchev–Trinajstić information content (AvgIpc) is 2.41. The normalized spacial score (nSPS) is 18.4. The van der Waals surface area contributed by atoms with Crippen LogP contribution < -0.4 is 0 Å². The SMILES string of the molecule is COP(=O)(O)O.COP(=O)(O)OP(=O)(O)O.COP(=O)(O)OP(=O)(O)OP(=O)(O)O. The minimum absolute atomic E-state index is 0.679. The third-order valence-electron chi connectivity index (χ3n) is 1.32. The molecule has 0 rings (SSSR count). The van der Waals surface area contributed by atoms with E-state index in [1.807, 2.05) is 0 Å². The Morgan fingerprint density at radius 1 is 0.400 bits per heavy atom. The molecule has 30 heavy (non-hydrogen) atoms. The van der Waals surface area contributed by atoms with Gasteiger partial charge in [0.1, 0.15) is 0 Å². The third kappa shape index (κ3) is 28.8. The zero-order chi connectivity index (χ0) is 25.2. The van der Waals surface area contributed by atoms with Gasteiger partial charge < -0.3 is 44.0 Å². The molecule has 0 saturated heterocycles. The summed E-state index contributed by atoms with van der Waals surface area (Å²) < 4.78 is 81.8. The fourth-order valence-electron chi connectivity index (χ4n) is 0.481. The summed E-state index contributed by atoms with van der Waals surface area (Å²) in [6.45, 7) is 0. The van der Waals surface area contributed by atoms with Gasteiger partial charge in [-0.05, 0) is 0 Å². The van der Waals surface area contributed by atoms with Gasteiger partial charge in [0, 0.05) is 21.3 Å². The van der Waals surface area contributed by atoms with Crippen molar-refractivity contribution >= 4 is 46.9 Å². The molecule has 0 aliphatic carbocycles. The lowest BCUT2D eigenvalue weighted by molar-refractivity contribution is 0.189. The maximum atomic E-state index is 10.6. The zero-order valence-corrected chi connectivity index (χ0v) is 20.0. The highest BCUT2D eigenvalue weighted by atomic mass is 31.3. The first-order valence-electron chi connectivity index (χ1n) is 5.76. The molecule has 186 valence electrons. The lowest BCUT2D eigenvalue weighted by atomic mass is 11.8. The molecule has 0 saturated carbocycles. The van der Waals surface area contributed by atoms with Crippen molar-refractivity contribution in [1.82, 2.24) is 0 Å². The van der Waals surface area contributed by atoms with Crippen molar-refractivity contribution in [3.05, 3.63) is 0 Å². The third-order valence-corrected chi connectivity index (χ3v) is 7.73. The van der Waals surface area contributed by atoms with Gasteiger partial charge in [-0.1, -0.05) is 0 Å². The molecule has 0 fully saturated rings. The van der Waals surface area contributed by atoms with E-state index >= 15 is 0 Å². The summed E-state index contributed by atoms with van der Waals surface area (Å²) in [5.74, 6) is 0. The van der Waals surface area contributed by atoms with Gasteiger partial charge in [0.15, 0.2) is 0 Å². The first-order valence-corrected chi connectivity index (χ1v) is 14.8. The zero-order valence-electron chi connectivity index (χ0n) is 14.6. The van der Waals surface area contributed by atoms with E-state index in [0.717, 1.165) is 14.2 Å². The van der Waals surface area contributed by atoms with Crippen LogP contribution in [0.3, 0.4) is 0 Å². The largest absolute Gasteiger partial charge is 0.490 e. The van der Waals surface area contributed by atoms with Crippen LogP contribution >= 0.6 is 46.9 Å². The number of phosphoric acid groups is 6. The Labute approximate surface area is 167 Å². The molecule has 3 atom stereocenters. The Bertz CT molecular complexity index is 779. The highest BCUT2D eigenvalue weighted by Gasteiger charge is 2.39. The molecule has 0 amide bonds. The van der Waals surface area contributed by atoms with Gasteiger partial charge >= 0.3 is 46.9 Å². The van der Waals surface area contributed by atoms with Gasteiger partial charge in [-0.15, -0.1) is 0 Å². The molecule has 27 heteroatoms. The van der Waals surface area contributed by atoms with Crippen molar-refractivity contribution in [1.29, 1.82) is 0 Å². The minimum Gasteiger partial charge on any atom is -0.303 e. The van der Waals surface area contributed by atoms with Crippen LogP contribution in [0, 0.1) is 0 Å². The first kappa shape index (κ1) is 35.4. The first-order chi connectivity index (χ1) is 12.8. The molecule has 0 aliphatic heterocycles. The number of hydrogen-bond donors (Lipinski definition) is 9. The molecule has 21 nitrogen and oxygen atoms in total. The van der Waals surface area contributed by atoms with Crippen molar-refractivity contribution in [3.63, 3.8) is 0 Å². The average molecular weight is 576 g/mol. The van der Waals surface area contributed by atoms with Crippen LogP contribution in [0.15, 0.2) is 0 Å². The van der Waals surface area contributed by atoms with Crippen LogP contribution in [0.25, 0.3) is 0 Å². The summed E-state index contributed by atoms with van der Waals surface area (Å²) in [7, 11) is -26.8. The molecule has 0 spiro atoms. The quantitative estimate of drug-likeness (QED) is 0.157. The van der Waals surface area contributed by atoms with E-state index in [9.17, 15) is 27.4 Å². The molecule has 9 N–H and O–H groups in total. The Kier molecular flexibility index (Phi) is 15.9.